The van der Waals surface area contributed by atoms with Crippen molar-refractivity contribution >= 4 is 45.6 Å². The largest absolute Gasteiger partial charge is 0.493 e. The lowest BCUT2D eigenvalue weighted by molar-refractivity contribution is -0.0436. The first-order valence-corrected chi connectivity index (χ1v) is 12.2. The number of hydrogen-bond donors (Lipinski definition) is 2. The highest BCUT2D eigenvalue weighted by Gasteiger charge is 2.44. The van der Waals surface area contributed by atoms with Crippen LogP contribution in [0.1, 0.15) is 25.7 Å². The molecular weight excluding hydrogens is 513 g/mol. The zero-order valence-electron chi connectivity index (χ0n) is 19.3. The second-order valence-corrected chi connectivity index (χ2v) is 9.66. The van der Waals surface area contributed by atoms with Crippen LogP contribution in [0.5, 0.6) is 11.5 Å². The van der Waals surface area contributed by atoms with Gasteiger partial charge in [0.15, 0.2) is 23.1 Å². The monoisotopic (exact) mass is 536 g/mol. The fourth-order valence-electron chi connectivity index (χ4n) is 5.22. The van der Waals surface area contributed by atoms with Gasteiger partial charge < -0.3 is 19.9 Å². The third-order valence-electron chi connectivity index (χ3n) is 6.84. The molecule has 36 heavy (non-hydrogen) atoms. The summed E-state index contributed by atoms with van der Waals surface area (Å²) >= 11 is 11.8. The van der Waals surface area contributed by atoms with E-state index in [0.29, 0.717) is 12.8 Å². The Hall–Kier alpha value is -2.72. The Balaban J connectivity index is 1.49. The number of benzene rings is 2. The molecule has 190 valence electrons. The number of nitrogens with zero attached hydrogens (tertiary/aromatic N) is 3. The summed E-state index contributed by atoms with van der Waals surface area (Å²) in [5, 5.41) is 12.9. The molecule has 7 nitrogen and oxygen atoms in total. The molecule has 3 aromatic rings. The highest BCUT2D eigenvalue weighted by Crippen LogP contribution is 2.43. The Labute approximate surface area is 216 Å². The third-order valence-corrected chi connectivity index (χ3v) is 7.62. The number of nitrogens with one attached hydrogen (secondary N) is 1. The molecule has 2 bridgehead atoms. The molecular formula is C25H24Cl2F2N4O3. The third kappa shape index (κ3) is 4.34. The van der Waals surface area contributed by atoms with Crippen molar-refractivity contribution < 1.29 is 23.4 Å². The fourth-order valence-corrected chi connectivity index (χ4v) is 5.53. The number of aliphatic hydroxyl groups excluding tert-OH is 1. The van der Waals surface area contributed by atoms with Crippen molar-refractivity contribution in [1.82, 2.24) is 14.9 Å². The molecule has 3 heterocycles. The number of piperidine rings is 1. The van der Waals surface area contributed by atoms with E-state index in [4.69, 9.17) is 32.7 Å². The molecule has 0 spiro atoms. The van der Waals surface area contributed by atoms with Gasteiger partial charge in [-0.3, -0.25) is 4.90 Å². The van der Waals surface area contributed by atoms with Gasteiger partial charge >= 0.3 is 0 Å². The first-order valence-electron chi connectivity index (χ1n) is 11.5. The predicted octanol–water partition coefficient (Wildman–Crippen LogP) is 5.85. The van der Waals surface area contributed by atoms with Gasteiger partial charge in [0.1, 0.15) is 24.5 Å². The van der Waals surface area contributed by atoms with Crippen LogP contribution in [0.2, 0.25) is 10.0 Å². The number of halogens is 4. The standard InChI is InChI=1S/C25H24Cl2F2N4O3/c1-3-19(34)33-12-4-5-13(33)9-14(8-12)36-24-18(35-2)10-17-20(23(24)29)25(31-11-30-17)32-16-7-6-15(26)21(27)22(16)28/h3,6-7,10-14,19,34H,1,4-5,8-9H2,2H3,(H,30,31,32)/t12-,13+,14-,19?. The van der Waals surface area contributed by atoms with E-state index in [0.717, 1.165) is 12.8 Å². The SMILES string of the molecule is C=CC(O)N1[C@@H]2CC[C@H]1C[C@H](Oc1c(OC)cc3ncnc(Nc4ccc(Cl)c(Cl)c4F)c3c1F)C2. The van der Waals surface area contributed by atoms with Crippen molar-refractivity contribution in [2.24, 2.45) is 0 Å². The maximum atomic E-state index is 16.0. The summed E-state index contributed by atoms with van der Waals surface area (Å²) in [7, 11) is 1.42. The van der Waals surface area contributed by atoms with Crippen LogP contribution in [0, 0.1) is 11.6 Å². The molecule has 1 aromatic heterocycles. The average molecular weight is 537 g/mol. The summed E-state index contributed by atoms with van der Waals surface area (Å²) in [6, 6.07) is 4.58. The predicted molar refractivity (Wildman–Crippen MR) is 134 cm³/mol. The van der Waals surface area contributed by atoms with Crippen molar-refractivity contribution in [3.63, 3.8) is 0 Å². The van der Waals surface area contributed by atoms with Crippen molar-refractivity contribution in [2.75, 3.05) is 12.4 Å². The maximum absolute atomic E-state index is 16.0. The minimum absolute atomic E-state index is 0.0151. The normalized spacial score (nSPS) is 22.4. The van der Waals surface area contributed by atoms with Gasteiger partial charge in [-0.1, -0.05) is 29.8 Å². The van der Waals surface area contributed by atoms with E-state index in [2.05, 4.69) is 21.9 Å². The lowest BCUT2D eigenvalue weighted by Gasteiger charge is -2.40. The summed E-state index contributed by atoms with van der Waals surface area (Å²) in [5.41, 5.74) is 0.227. The van der Waals surface area contributed by atoms with Gasteiger partial charge in [0.05, 0.1) is 33.7 Å². The Bertz CT molecular complexity index is 1310. The molecule has 1 unspecified atom stereocenters. The Morgan fingerprint density at radius 1 is 1.19 bits per heavy atom. The first-order chi connectivity index (χ1) is 17.3. The lowest BCUT2D eigenvalue weighted by atomic mass is 9.99. The molecule has 2 fully saturated rings. The molecule has 0 aliphatic carbocycles. The molecule has 0 amide bonds. The quantitative estimate of drug-likeness (QED) is 0.289. The van der Waals surface area contributed by atoms with E-state index in [1.807, 2.05) is 4.90 Å². The molecule has 2 saturated heterocycles. The first kappa shape index (κ1) is 25.0. The molecule has 2 N–H and O–H groups in total. The molecule has 5 rings (SSSR count). The number of aromatic nitrogens is 2. The van der Waals surface area contributed by atoms with E-state index in [9.17, 15) is 9.50 Å². The molecule has 2 aliphatic rings. The summed E-state index contributed by atoms with van der Waals surface area (Å²) in [6.45, 7) is 3.69. The molecule has 0 saturated carbocycles. The minimum atomic E-state index is -0.787. The van der Waals surface area contributed by atoms with Crippen LogP contribution in [0.3, 0.4) is 0 Å². The molecule has 4 atom stereocenters. The van der Waals surface area contributed by atoms with Crippen LogP contribution in [0.4, 0.5) is 20.3 Å². The number of ether oxygens (including phenoxy) is 2. The van der Waals surface area contributed by atoms with Gasteiger partial charge in [-0.2, -0.15) is 0 Å². The highest BCUT2D eigenvalue weighted by atomic mass is 35.5. The summed E-state index contributed by atoms with van der Waals surface area (Å²) < 4.78 is 42.3. The van der Waals surface area contributed by atoms with Crippen LogP contribution >= 0.6 is 23.2 Å². The van der Waals surface area contributed by atoms with Crippen LogP contribution in [-0.2, 0) is 0 Å². The van der Waals surface area contributed by atoms with E-state index < -0.39 is 17.9 Å². The average Bonchev–Trinajstić information content (AvgIpc) is 3.15. The zero-order chi connectivity index (χ0) is 25.6. The Kier molecular flexibility index (Phi) is 6.91. The van der Waals surface area contributed by atoms with E-state index >= 15 is 4.39 Å². The number of rotatable bonds is 7. The maximum Gasteiger partial charge on any atom is 0.198 e. The van der Waals surface area contributed by atoms with Gasteiger partial charge in [0, 0.05) is 18.2 Å². The van der Waals surface area contributed by atoms with Crippen LogP contribution in [0.15, 0.2) is 37.2 Å². The summed E-state index contributed by atoms with van der Waals surface area (Å²) in [5.74, 6) is -1.36. The second kappa shape index (κ2) is 9.97. The molecule has 11 heteroatoms. The lowest BCUT2D eigenvalue weighted by Crippen LogP contribution is -2.50. The fraction of sp³-hybridized carbons (Fsp3) is 0.360. The smallest absolute Gasteiger partial charge is 0.198 e. The van der Waals surface area contributed by atoms with Crippen molar-refractivity contribution in [3.8, 4) is 11.5 Å². The van der Waals surface area contributed by atoms with E-state index in [1.165, 1.54) is 31.6 Å². The van der Waals surface area contributed by atoms with Crippen molar-refractivity contribution in [3.05, 3.63) is 58.9 Å². The zero-order valence-corrected chi connectivity index (χ0v) is 20.9. The van der Waals surface area contributed by atoms with Crippen molar-refractivity contribution in [1.29, 1.82) is 0 Å². The van der Waals surface area contributed by atoms with E-state index in [-0.39, 0.29) is 62.1 Å². The van der Waals surface area contributed by atoms with Crippen LogP contribution in [-0.4, -0.2) is 51.5 Å². The van der Waals surface area contributed by atoms with Gasteiger partial charge in [-0.05, 0) is 43.9 Å². The van der Waals surface area contributed by atoms with Gasteiger partial charge in [0.2, 0.25) is 0 Å². The van der Waals surface area contributed by atoms with Gasteiger partial charge in [-0.25, -0.2) is 18.7 Å². The summed E-state index contributed by atoms with van der Waals surface area (Å²) in [6.07, 6.45) is 4.82. The number of anilines is 2. The Morgan fingerprint density at radius 2 is 1.92 bits per heavy atom. The van der Waals surface area contributed by atoms with Crippen LogP contribution in [0.25, 0.3) is 10.9 Å². The number of methoxy groups -OCH3 is 1. The number of aliphatic hydroxyl groups is 1. The topological polar surface area (TPSA) is 79.7 Å². The number of fused-ring (bicyclic) bond motifs is 3. The Morgan fingerprint density at radius 3 is 2.58 bits per heavy atom. The number of hydrogen-bond acceptors (Lipinski definition) is 7. The van der Waals surface area contributed by atoms with Crippen molar-refractivity contribution in [2.45, 2.75) is 50.1 Å². The summed E-state index contributed by atoms with van der Waals surface area (Å²) in [4.78, 5) is 10.3. The van der Waals surface area contributed by atoms with Crippen LogP contribution < -0.4 is 14.8 Å². The minimum Gasteiger partial charge on any atom is -0.493 e. The highest BCUT2D eigenvalue weighted by molar-refractivity contribution is 6.42. The molecule has 2 aliphatic heterocycles. The molecule has 0 radical (unpaired) electrons. The second-order valence-electron chi connectivity index (χ2n) is 8.88. The molecule has 2 aromatic carbocycles. The van der Waals surface area contributed by atoms with E-state index in [1.54, 1.807) is 6.07 Å². The van der Waals surface area contributed by atoms with Gasteiger partial charge in [-0.15, -0.1) is 0 Å². The van der Waals surface area contributed by atoms with Gasteiger partial charge in [0.25, 0.3) is 0 Å².